The molecule has 0 aliphatic rings. The van der Waals surface area contributed by atoms with Crippen molar-refractivity contribution in [2.45, 2.75) is 72.0 Å². The van der Waals surface area contributed by atoms with Gasteiger partial charge in [-0.2, -0.15) is 18.2 Å². The van der Waals surface area contributed by atoms with Crippen molar-refractivity contribution in [2.24, 2.45) is 25.0 Å². The highest BCUT2D eigenvalue weighted by atomic mass is 32.1. The van der Waals surface area contributed by atoms with Crippen molar-refractivity contribution in [2.75, 3.05) is 0 Å². The lowest BCUT2D eigenvalue weighted by Crippen LogP contribution is -2.48. The van der Waals surface area contributed by atoms with Crippen LogP contribution < -0.4 is 21.4 Å². The topological polar surface area (TPSA) is 143 Å². The van der Waals surface area contributed by atoms with E-state index in [9.17, 15) is 41.5 Å². The van der Waals surface area contributed by atoms with E-state index in [-0.39, 0.29) is 21.4 Å². The predicted molar refractivity (Wildman–Crippen MR) is 178 cm³/mol. The van der Waals surface area contributed by atoms with E-state index >= 15 is 4.39 Å². The van der Waals surface area contributed by atoms with Gasteiger partial charge in [-0.1, -0.05) is 20.3 Å². The quantitative estimate of drug-likeness (QED) is 0.182. The number of alkyl halides is 3. The van der Waals surface area contributed by atoms with Crippen LogP contribution in [0.15, 0.2) is 37.5 Å². The van der Waals surface area contributed by atoms with Crippen LogP contribution in [0.3, 0.4) is 0 Å². The lowest BCUT2D eigenvalue weighted by Gasteiger charge is -2.25. The molecule has 0 radical (unpaired) electrons. The number of thiophene rings is 1. The number of nitrogens with one attached hydrogen (secondary N) is 1. The van der Waals surface area contributed by atoms with Crippen LogP contribution in [-0.4, -0.2) is 43.3 Å². The molecule has 0 spiro atoms. The van der Waals surface area contributed by atoms with Crippen LogP contribution in [0, 0.1) is 17.6 Å². The molecular weight excluding hydrogens is 726 g/mol. The van der Waals surface area contributed by atoms with Gasteiger partial charge in [0.2, 0.25) is 0 Å². The van der Waals surface area contributed by atoms with E-state index in [0.29, 0.717) is 28.7 Å². The fraction of sp³-hybridized carbons (Fsp3) is 0.438. The molecule has 2 atom stereocenters. The van der Waals surface area contributed by atoms with Gasteiger partial charge < -0.3 is 14.8 Å². The van der Waals surface area contributed by atoms with Crippen molar-refractivity contribution in [3.8, 4) is 11.3 Å². The number of fused-ring (bicyclic) bond motifs is 1. The minimum Gasteiger partial charge on any atom is -0.444 e. The summed E-state index contributed by atoms with van der Waals surface area (Å²) in [7, 11) is 2.74. The van der Waals surface area contributed by atoms with Crippen LogP contribution in [0.25, 0.3) is 21.5 Å². The third kappa shape index (κ3) is 8.46. The summed E-state index contributed by atoms with van der Waals surface area (Å²) in [4.78, 5) is 68.5. The summed E-state index contributed by atoms with van der Waals surface area (Å²) in [6, 6.07) is -0.0642. The van der Waals surface area contributed by atoms with E-state index in [0.717, 1.165) is 31.9 Å². The molecule has 3 aromatic heterocycles. The Balaban J connectivity index is 1.78. The molecule has 4 rings (SSSR count). The van der Waals surface area contributed by atoms with Gasteiger partial charge in [-0.25, -0.2) is 23.2 Å². The van der Waals surface area contributed by atoms with Crippen molar-refractivity contribution in [1.29, 1.82) is 0 Å². The predicted octanol–water partition coefficient (Wildman–Crippen LogP) is 5.24. The Hall–Kier alpha value is -4.65. The Labute approximate surface area is 294 Å². The lowest BCUT2D eigenvalue weighted by molar-refractivity contribution is -0.151. The minimum atomic E-state index is -5.40. The Bertz CT molecular complexity index is 2190. The van der Waals surface area contributed by atoms with Gasteiger partial charge in [-0.15, -0.1) is 22.7 Å². The number of hydrogen-bond acceptors (Lipinski definition) is 9. The maximum absolute atomic E-state index is 15.4. The number of esters is 1. The van der Waals surface area contributed by atoms with Crippen LogP contribution in [-0.2, 0) is 52.5 Å². The van der Waals surface area contributed by atoms with Crippen LogP contribution in [0.5, 0.6) is 0 Å². The Morgan fingerprint density at radius 2 is 1.69 bits per heavy atom. The average Bonchev–Trinajstić information content (AvgIpc) is 3.62. The zero-order valence-corrected chi connectivity index (χ0v) is 30.1. The molecule has 51 heavy (non-hydrogen) atoms. The molecule has 276 valence electrons. The summed E-state index contributed by atoms with van der Waals surface area (Å²) in [5.74, 6) is -6.13. The van der Waals surface area contributed by atoms with Gasteiger partial charge in [0.15, 0.2) is 11.5 Å². The Kier molecular flexibility index (Phi) is 11.4. The van der Waals surface area contributed by atoms with Gasteiger partial charge in [-0.05, 0) is 49.8 Å². The number of alkyl carbamates (subject to hydrolysis) is 1. The van der Waals surface area contributed by atoms with Crippen LogP contribution in [0.2, 0.25) is 0 Å². The zero-order valence-electron chi connectivity index (χ0n) is 28.4. The number of amides is 2. The second-order valence-electron chi connectivity index (χ2n) is 12.5. The van der Waals surface area contributed by atoms with E-state index in [1.807, 2.05) is 0 Å². The van der Waals surface area contributed by atoms with Gasteiger partial charge in [-0.3, -0.25) is 23.3 Å². The number of aryl methyl sites for hydroxylation is 1. The molecule has 3 heterocycles. The van der Waals surface area contributed by atoms with E-state index in [1.54, 1.807) is 34.6 Å². The fourth-order valence-corrected chi connectivity index (χ4v) is 6.89. The number of benzene rings is 1. The Morgan fingerprint density at radius 3 is 2.29 bits per heavy atom. The van der Waals surface area contributed by atoms with Crippen molar-refractivity contribution < 1.29 is 45.8 Å². The SMILES string of the molecule is CCC(C)[C@H](NC(=O)OC(C)(C)C)C(=O)OCn1c(-c2ccc(F)c(C(F)(F)F)c2F)cs/c1=N\C(=O)Cc1csc2c1c(=O)n(C)c(=O)n2C. The molecule has 1 unspecified atom stereocenters. The lowest BCUT2D eigenvalue weighted by atomic mass is 9.99. The molecule has 0 saturated carbocycles. The first-order chi connectivity index (χ1) is 23.7. The van der Waals surface area contributed by atoms with Crippen LogP contribution in [0.4, 0.5) is 26.7 Å². The first-order valence-corrected chi connectivity index (χ1v) is 17.1. The first kappa shape index (κ1) is 39.1. The second-order valence-corrected chi connectivity index (χ2v) is 14.2. The number of nitrogens with zero attached hydrogens (tertiary/aromatic N) is 4. The molecule has 0 aliphatic heterocycles. The smallest absolute Gasteiger partial charge is 0.422 e. The van der Waals surface area contributed by atoms with E-state index in [2.05, 4.69) is 10.3 Å². The molecule has 2 amide bonds. The number of aromatic nitrogens is 3. The first-order valence-electron chi connectivity index (χ1n) is 15.3. The maximum Gasteiger partial charge on any atom is 0.422 e. The number of carbonyl (C=O) groups is 3. The Morgan fingerprint density at radius 1 is 1.02 bits per heavy atom. The number of hydrogen-bond donors (Lipinski definition) is 1. The van der Waals surface area contributed by atoms with Gasteiger partial charge in [0.1, 0.15) is 33.7 Å². The van der Waals surface area contributed by atoms with Crippen molar-refractivity contribution in [3.05, 3.63) is 71.3 Å². The second kappa shape index (κ2) is 14.9. The summed E-state index contributed by atoms with van der Waals surface area (Å²) in [5, 5.41) is 5.22. The number of rotatable bonds is 9. The fourth-order valence-electron chi connectivity index (χ4n) is 4.95. The largest absolute Gasteiger partial charge is 0.444 e. The van der Waals surface area contributed by atoms with Gasteiger partial charge >= 0.3 is 23.9 Å². The normalized spacial score (nSPS) is 13.7. The van der Waals surface area contributed by atoms with Crippen LogP contribution in [0.1, 0.15) is 52.2 Å². The summed E-state index contributed by atoms with van der Waals surface area (Å²) in [6.07, 6.45) is -6.36. The van der Waals surface area contributed by atoms with Gasteiger partial charge in [0, 0.05) is 25.0 Å². The third-order valence-electron chi connectivity index (χ3n) is 7.73. The molecule has 1 aromatic carbocycles. The molecule has 12 nitrogen and oxygen atoms in total. The maximum atomic E-state index is 15.4. The van der Waals surface area contributed by atoms with Crippen molar-refractivity contribution in [1.82, 2.24) is 19.0 Å². The van der Waals surface area contributed by atoms with Crippen molar-refractivity contribution >= 4 is 50.9 Å². The van der Waals surface area contributed by atoms with E-state index in [1.165, 1.54) is 24.0 Å². The number of halogens is 5. The highest BCUT2D eigenvalue weighted by Gasteiger charge is 2.39. The van der Waals surface area contributed by atoms with Crippen molar-refractivity contribution in [3.63, 3.8) is 0 Å². The zero-order chi connectivity index (χ0) is 38.2. The third-order valence-corrected chi connectivity index (χ3v) is 9.70. The molecule has 1 N–H and O–H groups in total. The average molecular weight is 760 g/mol. The monoisotopic (exact) mass is 759 g/mol. The molecule has 0 aliphatic carbocycles. The number of thiazole rings is 1. The standard InChI is InChI=1S/C32H34F5N5O7S2/c1-8-15(2)24(39-29(46)49-31(3,4)5)27(45)48-14-42-19(17-9-10-18(33)22(23(17)34)32(35,36)37)13-51-28(42)38-20(43)11-16-12-50-26-21(16)25(44)40(6)30(47)41(26)7/h9-10,12-13,15,24H,8,11,14H2,1-7H3,(H,39,46)/b38-28-/t15?,24-/m0/s1. The molecule has 4 aromatic rings. The van der Waals surface area contributed by atoms with Gasteiger partial charge in [0.25, 0.3) is 11.5 Å². The van der Waals surface area contributed by atoms with Gasteiger partial charge in [0.05, 0.1) is 17.5 Å². The highest BCUT2D eigenvalue weighted by molar-refractivity contribution is 7.17. The summed E-state index contributed by atoms with van der Waals surface area (Å²) in [6.45, 7) is 7.42. The number of carbonyl (C=O) groups excluding carboxylic acids is 3. The van der Waals surface area contributed by atoms with Crippen LogP contribution >= 0.6 is 22.7 Å². The number of ether oxygens (including phenoxy) is 2. The molecule has 0 saturated heterocycles. The molecule has 0 fully saturated rings. The summed E-state index contributed by atoms with van der Waals surface area (Å²) >= 11 is 1.74. The molecule has 0 bridgehead atoms. The van der Waals surface area contributed by atoms with E-state index in [4.69, 9.17) is 9.47 Å². The molecule has 19 heteroatoms. The highest BCUT2D eigenvalue weighted by Crippen LogP contribution is 2.37. The minimum absolute atomic E-state index is 0.114. The molecular formula is C32H34F5N5O7S2. The summed E-state index contributed by atoms with van der Waals surface area (Å²) < 4.78 is 84.2. The summed E-state index contributed by atoms with van der Waals surface area (Å²) in [5.41, 5.74) is -5.08. The van der Waals surface area contributed by atoms with E-state index < -0.39 is 88.9 Å².